The Labute approximate surface area is 83.3 Å². The summed E-state index contributed by atoms with van der Waals surface area (Å²) >= 11 is 0. The minimum atomic E-state index is -0.501. The molecule has 0 radical (unpaired) electrons. The molecule has 0 aromatic rings. The average molecular weight is 200 g/mol. The largest absolute Gasteiger partial charge is 0.395 e. The lowest BCUT2D eigenvalue weighted by Crippen LogP contribution is -2.56. The number of carbonyl (C=O) groups excluding carboxylic acids is 2. The lowest BCUT2D eigenvalue weighted by atomic mass is 10.2. The van der Waals surface area contributed by atoms with Crippen LogP contribution in [0.1, 0.15) is 13.8 Å². The van der Waals surface area contributed by atoms with Crippen molar-refractivity contribution in [3.05, 3.63) is 0 Å². The number of aliphatic hydroxyl groups excluding tert-OH is 1. The number of piperazine rings is 1. The highest BCUT2D eigenvalue weighted by molar-refractivity contribution is 6.35. The van der Waals surface area contributed by atoms with Crippen LogP contribution in [0.5, 0.6) is 0 Å². The van der Waals surface area contributed by atoms with Crippen LogP contribution in [0, 0.1) is 0 Å². The molecule has 0 unspecified atom stereocenters. The van der Waals surface area contributed by atoms with Gasteiger partial charge in [-0.15, -0.1) is 0 Å². The van der Waals surface area contributed by atoms with Gasteiger partial charge < -0.3 is 14.9 Å². The van der Waals surface area contributed by atoms with Gasteiger partial charge in [0.2, 0.25) is 0 Å². The Morgan fingerprint density at radius 3 is 2.43 bits per heavy atom. The first-order chi connectivity index (χ1) is 6.57. The van der Waals surface area contributed by atoms with Crippen LogP contribution in [0.15, 0.2) is 0 Å². The number of nitrogens with zero attached hydrogens (tertiary/aromatic N) is 2. The van der Waals surface area contributed by atoms with Crippen LogP contribution >= 0.6 is 0 Å². The maximum atomic E-state index is 11.5. The predicted molar refractivity (Wildman–Crippen MR) is 50.5 cm³/mol. The summed E-state index contributed by atoms with van der Waals surface area (Å²) in [6, 6.07) is 0.0581. The van der Waals surface area contributed by atoms with Crippen molar-refractivity contribution in [1.29, 1.82) is 0 Å². The first-order valence-corrected chi connectivity index (χ1v) is 4.78. The zero-order chi connectivity index (χ0) is 10.7. The molecule has 5 heteroatoms. The molecule has 1 saturated heterocycles. The first kappa shape index (κ1) is 11.0. The number of hydrogen-bond acceptors (Lipinski definition) is 3. The van der Waals surface area contributed by atoms with Gasteiger partial charge in [0.15, 0.2) is 0 Å². The lowest BCUT2D eigenvalue weighted by Gasteiger charge is -2.35. The van der Waals surface area contributed by atoms with E-state index in [9.17, 15) is 9.59 Å². The first-order valence-electron chi connectivity index (χ1n) is 4.78. The number of carbonyl (C=O) groups is 2. The summed E-state index contributed by atoms with van der Waals surface area (Å²) in [5, 5.41) is 8.68. The SMILES string of the molecule is CC(C)N1CCN(CCO)C(=O)C1=O. The molecule has 5 nitrogen and oxygen atoms in total. The second-order valence-electron chi connectivity index (χ2n) is 3.61. The maximum absolute atomic E-state index is 11.5. The molecule has 2 amide bonds. The smallest absolute Gasteiger partial charge is 0.312 e. The van der Waals surface area contributed by atoms with Crippen LogP contribution in [-0.4, -0.2) is 59.0 Å². The van der Waals surface area contributed by atoms with Crippen molar-refractivity contribution in [3.63, 3.8) is 0 Å². The molecule has 1 aliphatic heterocycles. The van der Waals surface area contributed by atoms with Crippen molar-refractivity contribution in [2.45, 2.75) is 19.9 Å². The third-order valence-corrected chi connectivity index (χ3v) is 2.34. The quantitative estimate of drug-likeness (QED) is 0.598. The second-order valence-corrected chi connectivity index (χ2v) is 3.61. The second kappa shape index (κ2) is 4.41. The number of amides is 2. The molecule has 0 saturated carbocycles. The Bertz CT molecular complexity index is 240. The van der Waals surface area contributed by atoms with Gasteiger partial charge in [-0.25, -0.2) is 0 Å². The number of hydrogen-bond donors (Lipinski definition) is 1. The lowest BCUT2D eigenvalue weighted by molar-refractivity contribution is -0.157. The van der Waals surface area contributed by atoms with Gasteiger partial charge in [0.05, 0.1) is 6.61 Å². The molecule has 1 fully saturated rings. The van der Waals surface area contributed by atoms with E-state index in [1.54, 1.807) is 4.90 Å². The molecule has 0 aromatic carbocycles. The Kier molecular flexibility index (Phi) is 3.46. The van der Waals surface area contributed by atoms with E-state index in [1.807, 2.05) is 13.8 Å². The van der Waals surface area contributed by atoms with Gasteiger partial charge in [0.25, 0.3) is 0 Å². The molecule has 1 N–H and O–H groups in total. The summed E-state index contributed by atoms with van der Waals surface area (Å²) < 4.78 is 0. The molecule has 0 atom stereocenters. The minimum Gasteiger partial charge on any atom is -0.395 e. The minimum absolute atomic E-state index is 0.0581. The highest BCUT2D eigenvalue weighted by atomic mass is 16.3. The van der Waals surface area contributed by atoms with E-state index >= 15 is 0 Å². The molecule has 1 heterocycles. The predicted octanol–water partition coefficient (Wildman–Crippen LogP) is -0.942. The van der Waals surface area contributed by atoms with Crippen LogP contribution in [0.25, 0.3) is 0 Å². The summed E-state index contributed by atoms with van der Waals surface area (Å²) in [5.74, 6) is -0.960. The molecule has 1 aliphatic rings. The van der Waals surface area contributed by atoms with Crippen molar-refractivity contribution in [1.82, 2.24) is 9.80 Å². The van der Waals surface area contributed by atoms with Crippen molar-refractivity contribution in [2.24, 2.45) is 0 Å². The summed E-state index contributed by atoms with van der Waals surface area (Å²) in [5.41, 5.74) is 0. The standard InChI is InChI=1S/C9H16N2O3/c1-7(2)11-4-3-10(5-6-12)8(13)9(11)14/h7,12H,3-6H2,1-2H3. The molecular formula is C9H16N2O3. The van der Waals surface area contributed by atoms with Crippen molar-refractivity contribution < 1.29 is 14.7 Å². The zero-order valence-corrected chi connectivity index (χ0v) is 8.56. The summed E-state index contributed by atoms with van der Waals surface area (Å²) in [6.07, 6.45) is 0. The van der Waals surface area contributed by atoms with Crippen LogP contribution < -0.4 is 0 Å². The molecule has 0 bridgehead atoms. The highest BCUT2D eigenvalue weighted by Gasteiger charge is 2.33. The Hall–Kier alpha value is -1.10. The fourth-order valence-corrected chi connectivity index (χ4v) is 1.52. The van der Waals surface area contributed by atoms with E-state index in [0.717, 1.165) is 0 Å². The number of rotatable bonds is 3. The van der Waals surface area contributed by atoms with Gasteiger partial charge in [-0.2, -0.15) is 0 Å². The molecule has 14 heavy (non-hydrogen) atoms. The van der Waals surface area contributed by atoms with Crippen LogP contribution in [0.4, 0.5) is 0 Å². The van der Waals surface area contributed by atoms with Gasteiger partial charge in [-0.3, -0.25) is 9.59 Å². The van der Waals surface area contributed by atoms with E-state index in [0.29, 0.717) is 13.1 Å². The van der Waals surface area contributed by atoms with E-state index in [-0.39, 0.29) is 19.2 Å². The van der Waals surface area contributed by atoms with E-state index < -0.39 is 11.8 Å². The monoisotopic (exact) mass is 200 g/mol. The van der Waals surface area contributed by atoms with Crippen molar-refractivity contribution in [2.75, 3.05) is 26.2 Å². The third kappa shape index (κ3) is 2.04. The van der Waals surface area contributed by atoms with Crippen molar-refractivity contribution >= 4 is 11.8 Å². The number of β-amino-alcohol motifs (C(OH)–C–C–N with tert-alkyl or cyclic N) is 1. The van der Waals surface area contributed by atoms with Gasteiger partial charge in [0.1, 0.15) is 0 Å². The van der Waals surface area contributed by atoms with Crippen LogP contribution in [0.3, 0.4) is 0 Å². The van der Waals surface area contributed by atoms with Crippen LogP contribution in [-0.2, 0) is 9.59 Å². The highest BCUT2D eigenvalue weighted by Crippen LogP contribution is 2.08. The maximum Gasteiger partial charge on any atom is 0.312 e. The van der Waals surface area contributed by atoms with E-state index in [4.69, 9.17) is 5.11 Å². The van der Waals surface area contributed by atoms with E-state index in [2.05, 4.69) is 0 Å². The normalized spacial score (nSPS) is 18.3. The van der Waals surface area contributed by atoms with Gasteiger partial charge in [-0.05, 0) is 13.8 Å². The zero-order valence-electron chi connectivity index (χ0n) is 8.56. The Morgan fingerprint density at radius 1 is 1.29 bits per heavy atom. The molecule has 0 spiro atoms. The molecule has 80 valence electrons. The number of aliphatic hydroxyl groups is 1. The third-order valence-electron chi connectivity index (χ3n) is 2.34. The molecule has 1 rings (SSSR count). The molecular weight excluding hydrogens is 184 g/mol. The van der Waals surface area contributed by atoms with Crippen LogP contribution in [0.2, 0.25) is 0 Å². The summed E-state index contributed by atoms with van der Waals surface area (Å²) in [4.78, 5) is 25.9. The summed E-state index contributed by atoms with van der Waals surface area (Å²) in [6.45, 7) is 4.99. The molecule has 0 aromatic heterocycles. The fourth-order valence-electron chi connectivity index (χ4n) is 1.52. The van der Waals surface area contributed by atoms with Gasteiger partial charge in [-0.1, -0.05) is 0 Å². The molecule has 0 aliphatic carbocycles. The van der Waals surface area contributed by atoms with Gasteiger partial charge >= 0.3 is 11.8 Å². The Balaban J connectivity index is 2.65. The Morgan fingerprint density at radius 2 is 1.93 bits per heavy atom. The fraction of sp³-hybridized carbons (Fsp3) is 0.778. The summed E-state index contributed by atoms with van der Waals surface area (Å²) in [7, 11) is 0. The average Bonchev–Trinajstić information content (AvgIpc) is 2.13. The van der Waals surface area contributed by atoms with Gasteiger partial charge in [0, 0.05) is 25.7 Å². The topological polar surface area (TPSA) is 60.9 Å². The van der Waals surface area contributed by atoms with Crippen molar-refractivity contribution in [3.8, 4) is 0 Å². The van der Waals surface area contributed by atoms with E-state index in [1.165, 1.54) is 4.90 Å².